The van der Waals surface area contributed by atoms with Crippen molar-refractivity contribution in [2.24, 2.45) is 5.16 Å². The van der Waals surface area contributed by atoms with Crippen LogP contribution in [0.15, 0.2) is 96.4 Å². The zero-order chi connectivity index (χ0) is 27.1. The Morgan fingerprint density at radius 2 is 1.70 bits per heavy atom. The second-order valence-corrected chi connectivity index (χ2v) is 9.75. The molecule has 0 unspecified atom stereocenters. The van der Waals surface area contributed by atoms with E-state index >= 15 is 0 Å². The highest BCUT2D eigenvalue weighted by Crippen LogP contribution is 2.49. The van der Waals surface area contributed by atoms with Crippen molar-refractivity contribution in [3.63, 3.8) is 0 Å². The Balaban J connectivity index is 1.31. The van der Waals surface area contributed by atoms with Crippen molar-refractivity contribution in [1.82, 2.24) is 29.4 Å². The third-order valence-corrected chi connectivity index (χ3v) is 6.99. The summed E-state index contributed by atoms with van der Waals surface area (Å²) in [6, 6.07) is 27.4. The van der Waals surface area contributed by atoms with Gasteiger partial charge in [-0.15, -0.1) is 5.10 Å². The van der Waals surface area contributed by atoms with E-state index in [1.807, 2.05) is 96.5 Å². The summed E-state index contributed by atoms with van der Waals surface area (Å²) in [5.41, 5.74) is 6.02. The van der Waals surface area contributed by atoms with E-state index in [4.69, 9.17) is 31.3 Å². The molecule has 1 atom stereocenters. The van der Waals surface area contributed by atoms with Crippen LogP contribution >= 0.6 is 11.6 Å². The van der Waals surface area contributed by atoms with Crippen LogP contribution in [-0.2, 0) is 11.4 Å². The molecule has 40 heavy (non-hydrogen) atoms. The number of aromatic nitrogens is 6. The van der Waals surface area contributed by atoms with Gasteiger partial charge in [-0.05, 0) is 42.3 Å². The molecule has 0 spiro atoms. The molecule has 4 heterocycles. The van der Waals surface area contributed by atoms with Crippen LogP contribution in [0.3, 0.4) is 0 Å². The average Bonchev–Trinajstić information content (AvgIpc) is 3.56. The molecular formula is C30H22ClN7O2. The normalized spacial score (nSPS) is 14.2. The number of benzene rings is 3. The Labute approximate surface area is 234 Å². The van der Waals surface area contributed by atoms with Crippen LogP contribution in [-0.4, -0.2) is 35.6 Å². The van der Waals surface area contributed by atoms with Gasteiger partial charge in [0.05, 0.1) is 34.6 Å². The Morgan fingerprint density at radius 3 is 2.48 bits per heavy atom. The highest BCUT2D eigenvalue weighted by molar-refractivity contribution is 6.30. The van der Waals surface area contributed by atoms with Gasteiger partial charge in [0.25, 0.3) is 0 Å². The van der Waals surface area contributed by atoms with Crippen molar-refractivity contribution in [1.29, 1.82) is 0 Å². The van der Waals surface area contributed by atoms with Gasteiger partial charge in [0.15, 0.2) is 18.1 Å². The van der Waals surface area contributed by atoms with Gasteiger partial charge in [-0.25, -0.2) is 19.2 Å². The number of hydrogen-bond donors (Lipinski definition) is 0. The standard InChI is InChI=1S/C30H22ClN7O2/c1-19-25-26(21-12-14-22(31)15-13-21)27-28-34-24(17-39-33-16-20-8-4-2-5-9-20)36-37(28)18-32-29(27)40-30(25)38(35-19)23-10-6-3-7-11-23/h2-16,18,26H,17H2,1H3/b33-16+/t26-/m1/s1. The maximum Gasteiger partial charge on any atom is 0.230 e. The summed E-state index contributed by atoms with van der Waals surface area (Å²) >= 11 is 6.26. The fourth-order valence-electron chi connectivity index (χ4n) is 4.95. The summed E-state index contributed by atoms with van der Waals surface area (Å²) in [5.74, 6) is 1.27. The summed E-state index contributed by atoms with van der Waals surface area (Å²) < 4.78 is 9.91. The zero-order valence-electron chi connectivity index (χ0n) is 21.3. The predicted molar refractivity (Wildman–Crippen MR) is 150 cm³/mol. The maximum absolute atomic E-state index is 6.45. The SMILES string of the molecule is Cc1nn(-c2ccccc2)c2c1[C@@H](c1ccc(Cl)cc1)c1c(ncn3nc(CO/N=C/c4ccccc4)nc13)O2. The van der Waals surface area contributed by atoms with E-state index in [1.54, 1.807) is 17.1 Å². The van der Waals surface area contributed by atoms with Crippen molar-refractivity contribution in [3.05, 3.63) is 130 Å². The molecule has 9 nitrogen and oxygen atoms in total. The molecule has 0 saturated carbocycles. The van der Waals surface area contributed by atoms with Gasteiger partial charge in [0.2, 0.25) is 11.8 Å². The van der Waals surface area contributed by atoms with Crippen molar-refractivity contribution >= 4 is 23.5 Å². The van der Waals surface area contributed by atoms with Crippen LogP contribution < -0.4 is 4.74 Å². The number of para-hydroxylation sites is 1. The van der Waals surface area contributed by atoms with E-state index in [0.717, 1.165) is 33.6 Å². The molecule has 1 aliphatic heterocycles. The lowest BCUT2D eigenvalue weighted by Gasteiger charge is -2.26. The molecule has 0 saturated heterocycles. The van der Waals surface area contributed by atoms with Crippen molar-refractivity contribution in [3.8, 4) is 17.4 Å². The van der Waals surface area contributed by atoms with Gasteiger partial charge in [-0.1, -0.05) is 77.4 Å². The first-order valence-electron chi connectivity index (χ1n) is 12.7. The first kappa shape index (κ1) is 24.1. The summed E-state index contributed by atoms with van der Waals surface area (Å²) in [6.07, 6.45) is 3.25. The fourth-order valence-corrected chi connectivity index (χ4v) is 5.07. The number of aryl methyl sites for hydroxylation is 1. The Bertz CT molecular complexity index is 1850. The number of hydrogen-bond acceptors (Lipinski definition) is 7. The zero-order valence-corrected chi connectivity index (χ0v) is 22.1. The molecule has 0 N–H and O–H groups in total. The number of rotatable bonds is 6. The number of ether oxygens (including phenoxy) is 1. The monoisotopic (exact) mass is 547 g/mol. The molecule has 0 radical (unpaired) electrons. The summed E-state index contributed by atoms with van der Waals surface area (Å²) in [7, 11) is 0. The van der Waals surface area contributed by atoms with E-state index in [-0.39, 0.29) is 12.5 Å². The maximum atomic E-state index is 6.45. The first-order chi connectivity index (χ1) is 19.7. The van der Waals surface area contributed by atoms with Crippen molar-refractivity contribution in [2.45, 2.75) is 19.4 Å². The van der Waals surface area contributed by atoms with Crippen LogP contribution in [0.4, 0.5) is 0 Å². The van der Waals surface area contributed by atoms with Gasteiger partial charge in [0.1, 0.15) is 6.33 Å². The predicted octanol–water partition coefficient (Wildman–Crippen LogP) is 6.11. The minimum absolute atomic E-state index is 0.0997. The lowest BCUT2D eigenvalue weighted by molar-refractivity contribution is 0.126. The van der Waals surface area contributed by atoms with Gasteiger partial charge in [-0.2, -0.15) is 5.10 Å². The number of oxime groups is 1. The van der Waals surface area contributed by atoms with E-state index in [0.29, 0.717) is 28.3 Å². The fraction of sp³-hybridized carbons (Fsp3) is 0.100. The molecule has 196 valence electrons. The smallest absolute Gasteiger partial charge is 0.230 e. The molecule has 3 aromatic heterocycles. The third-order valence-electron chi connectivity index (χ3n) is 6.74. The van der Waals surface area contributed by atoms with Crippen molar-refractivity contribution in [2.75, 3.05) is 0 Å². The lowest BCUT2D eigenvalue weighted by atomic mass is 9.84. The van der Waals surface area contributed by atoms with Crippen molar-refractivity contribution < 1.29 is 9.57 Å². The van der Waals surface area contributed by atoms with Gasteiger partial charge < -0.3 is 9.57 Å². The number of nitrogens with zero attached hydrogens (tertiary/aromatic N) is 7. The molecule has 0 bridgehead atoms. The lowest BCUT2D eigenvalue weighted by Crippen LogP contribution is -2.16. The number of fused-ring (bicyclic) bond motifs is 4. The Morgan fingerprint density at radius 1 is 0.950 bits per heavy atom. The highest BCUT2D eigenvalue weighted by Gasteiger charge is 2.38. The van der Waals surface area contributed by atoms with E-state index in [1.165, 1.54) is 0 Å². The topological polar surface area (TPSA) is 91.7 Å². The molecule has 1 aliphatic rings. The molecule has 3 aromatic carbocycles. The van der Waals surface area contributed by atoms with Crippen LogP contribution in [0.5, 0.6) is 11.8 Å². The van der Waals surface area contributed by atoms with Gasteiger partial charge in [-0.3, -0.25) is 0 Å². The first-order valence-corrected chi connectivity index (χ1v) is 13.1. The largest absolute Gasteiger partial charge is 0.420 e. The Hall–Kier alpha value is -5.02. The van der Waals surface area contributed by atoms with Crippen LogP contribution in [0.2, 0.25) is 5.02 Å². The van der Waals surface area contributed by atoms with Crippen LogP contribution in [0.1, 0.15) is 39.7 Å². The minimum atomic E-state index is -0.265. The molecule has 7 rings (SSSR count). The molecule has 0 amide bonds. The van der Waals surface area contributed by atoms with Crippen LogP contribution in [0, 0.1) is 6.92 Å². The van der Waals surface area contributed by atoms with Gasteiger partial charge in [0, 0.05) is 5.02 Å². The van der Waals surface area contributed by atoms with E-state index in [2.05, 4.69) is 15.2 Å². The molecule has 0 fully saturated rings. The van der Waals surface area contributed by atoms with Gasteiger partial charge >= 0.3 is 0 Å². The average molecular weight is 548 g/mol. The Kier molecular flexibility index (Phi) is 5.98. The molecule has 0 aliphatic carbocycles. The van der Waals surface area contributed by atoms with E-state index < -0.39 is 0 Å². The molecule has 10 heteroatoms. The second kappa shape index (κ2) is 9.94. The third kappa shape index (κ3) is 4.26. The molecular weight excluding hydrogens is 526 g/mol. The number of halogens is 1. The minimum Gasteiger partial charge on any atom is -0.420 e. The summed E-state index contributed by atoms with van der Waals surface area (Å²) in [6.45, 7) is 2.08. The summed E-state index contributed by atoms with van der Waals surface area (Å²) in [4.78, 5) is 14.9. The summed E-state index contributed by atoms with van der Waals surface area (Å²) in [5, 5.41) is 14.2. The molecule has 6 aromatic rings. The van der Waals surface area contributed by atoms with E-state index in [9.17, 15) is 0 Å². The van der Waals surface area contributed by atoms with Crippen LogP contribution in [0.25, 0.3) is 11.3 Å². The highest BCUT2D eigenvalue weighted by atomic mass is 35.5. The second-order valence-electron chi connectivity index (χ2n) is 9.32. The quantitative estimate of drug-likeness (QED) is 0.184.